The summed E-state index contributed by atoms with van der Waals surface area (Å²) in [5.41, 5.74) is 0. The maximum absolute atomic E-state index is 12.2. The fourth-order valence-corrected chi connectivity index (χ4v) is 3.65. The van der Waals surface area contributed by atoms with Gasteiger partial charge in [0, 0.05) is 25.4 Å². The lowest BCUT2D eigenvalue weighted by atomic mass is 10.2. The summed E-state index contributed by atoms with van der Waals surface area (Å²) in [5.74, 6) is 0. The standard InChI is InChI=1S/C14H24N2O4S2/c1-5-12(2)16(3)10-9-15-22(19,20)14-8-6-7-13(11-14)21(4,17)18/h6-8,11-12,15H,5,9-10H2,1-4H3/t12-/m0/s1. The Morgan fingerprint density at radius 1 is 1.18 bits per heavy atom. The second-order valence-corrected chi connectivity index (χ2v) is 9.17. The van der Waals surface area contributed by atoms with Crippen LogP contribution in [0, 0.1) is 0 Å². The molecule has 0 aliphatic heterocycles. The molecule has 0 aromatic heterocycles. The third-order valence-electron chi connectivity index (χ3n) is 3.64. The van der Waals surface area contributed by atoms with Crippen LogP contribution in [0.1, 0.15) is 20.3 Å². The second-order valence-electron chi connectivity index (χ2n) is 5.38. The first-order chi connectivity index (χ1) is 10.1. The molecule has 0 bridgehead atoms. The normalized spacial score (nSPS) is 14.2. The van der Waals surface area contributed by atoms with E-state index in [1.165, 1.54) is 24.3 Å². The molecule has 0 aliphatic carbocycles. The highest BCUT2D eigenvalue weighted by atomic mass is 32.2. The molecule has 1 atom stereocenters. The van der Waals surface area contributed by atoms with Crippen LogP contribution in [0.25, 0.3) is 0 Å². The van der Waals surface area contributed by atoms with Gasteiger partial charge in [-0.3, -0.25) is 0 Å². The molecule has 0 spiro atoms. The van der Waals surface area contributed by atoms with Gasteiger partial charge in [0.1, 0.15) is 0 Å². The van der Waals surface area contributed by atoms with Crippen LogP contribution in [0.5, 0.6) is 0 Å². The first kappa shape index (κ1) is 19.1. The monoisotopic (exact) mass is 348 g/mol. The van der Waals surface area contributed by atoms with Gasteiger partial charge in [0.05, 0.1) is 9.79 Å². The molecule has 0 aliphatic rings. The van der Waals surface area contributed by atoms with Crippen LogP contribution in [-0.4, -0.2) is 54.2 Å². The number of nitrogens with one attached hydrogen (secondary N) is 1. The number of nitrogens with zero attached hydrogens (tertiary/aromatic N) is 1. The van der Waals surface area contributed by atoms with Gasteiger partial charge in [-0.05, 0) is 38.6 Å². The lowest BCUT2D eigenvalue weighted by Crippen LogP contribution is -2.37. The van der Waals surface area contributed by atoms with Crippen LogP contribution in [0.4, 0.5) is 0 Å². The van der Waals surface area contributed by atoms with Gasteiger partial charge in [-0.1, -0.05) is 13.0 Å². The van der Waals surface area contributed by atoms with Crippen molar-refractivity contribution in [3.05, 3.63) is 24.3 Å². The molecule has 126 valence electrons. The van der Waals surface area contributed by atoms with Crippen LogP contribution in [0.3, 0.4) is 0 Å². The molecule has 6 nitrogen and oxygen atoms in total. The topological polar surface area (TPSA) is 83.6 Å². The van der Waals surface area contributed by atoms with Crippen LogP contribution < -0.4 is 4.72 Å². The Labute approximate surface area is 133 Å². The van der Waals surface area contributed by atoms with Crippen LogP contribution in [-0.2, 0) is 19.9 Å². The van der Waals surface area contributed by atoms with E-state index in [-0.39, 0.29) is 16.3 Å². The Bertz CT molecular complexity index is 699. The molecule has 8 heteroatoms. The SMILES string of the molecule is CC[C@H](C)N(C)CCNS(=O)(=O)c1cccc(S(C)(=O)=O)c1. The Hall–Kier alpha value is -0.960. The van der Waals surface area contributed by atoms with E-state index in [4.69, 9.17) is 0 Å². The van der Waals surface area contributed by atoms with Gasteiger partial charge in [-0.15, -0.1) is 0 Å². The first-order valence-electron chi connectivity index (χ1n) is 7.08. The molecule has 0 saturated carbocycles. The van der Waals surface area contributed by atoms with Crippen LogP contribution >= 0.6 is 0 Å². The van der Waals surface area contributed by atoms with E-state index < -0.39 is 19.9 Å². The van der Waals surface area contributed by atoms with Gasteiger partial charge < -0.3 is 4.90 Å². The van der Waals surface area contributed by atoms with E-state index >= 15 is 0 Å². The maximum atomic E-state index is 12.2. The van der Waals surface area contributed by atoms with Crippen molar-refractivity contribution in [2.24, 2.45) is 0 Å². The van der Waals surface area contributed by atoms with Gasteiger partial charge >= 0.3 is 0 Å². The largest absolute Gasteiger partial charge is 0.302 e. The molecule has 1 aromatic rings. The number of rotatable bonds is 8. The summed E-state index contributed by atoms with van der Waals surface area (Å²) in [6.45, 7) is 5.00. The zero-order chi connectivity index (χ0) is 17.0. The maximum Gasteiger partial charge on any atom is 0.240 e. The predicted molar refractivity (Wildman–Crippen MR) is 87.1 cm³/mol. The minimum Gasteiger partial charge on any atom is -0.302 e. The Kier molecular flexibility index (Phi) is 6.54. The van der Waals surface area contributed by atoms with Crippen molar-refractivity contribution in [1.29, 1.82) is 0 Å². The van der Waals surface area contributed by atoms with Crippen molar-refractivity contribution in [2.45, 2.75) is 36.1 Å². The predicted octanol–water partition coefficient (Wildman–Crippen LogP) is 1.10. The molecule has 0 unspecified atom stereocenters. The minimum atomic E-state index is -3.71. The van der Waals surface area contributed by atoms with Gasteiger partial charge in [0.25, 0.3) is 0 Å². The van der Waals surface area contributed by atoms with E-state index in [2.05, 4.69) is 23.5 Å². The molecule has 1 rings (SSSR count). The quantitative estimate of drug-likeness (QED) is 0.760. The first-order valence-corrected chi connectivity index (χ1v) is 10.5. The molecule has 0 fully saturated rings. The fraction of sp³-hybridized carbons (Fsp3) is 0.571. The highest BCUT2D eigenvalue weighted by molar-refractivity contribution is 7.91. The van der Waals surface area contributed by atoms with E-state index in [1.54, 1.807) is 0 Å². The lowest BCUT2D eigenvalue weighted by Gasteiger charge is -2.23. The number of hydrogen-bond donors (Lipinski definition) is 1. The zero-order valence-corrected chi connectivity index (χ0v) is 15.0. The van der Waals surface area contributed by atoms with E-state index in [9.17, 15) is 16.8 Å². The highest BCUT2D eigenvalue weighted by Crippen LogP contribution is 2.15. The van der Waals surface area contributed by atoms with E-state index in [0.29, 0.717) is 12.6 Å². The van der Waals surface area contributed by atoms with E-state index in [1.807, 2.05) is 7.05 Å². The molecule has 0 radical (unpaired) electrons. The third-order valence-corrected chi connectivity index (χ3v) is 6.21. The highest BCUT2D eigenvalue weighted by Gasteiger charge is 2.17. The van der Waals surface area contributed by atoms with E-state index in [0.717, 1.165) is 12.7 Å². The Balaban J connectivity index is 2.79. The molecular formula is C14H24N2O4S2. The van der Waals surface area contributed by atoms with Crippen molar-refractivity contribution in [3.63, 3.8) is 0 Å². The zero-order valence-electron chi connectivity index (χ0n) is 13.4. The van der Waals surface area contributed by atoms with Gasteiger partial charge in [0.2, 0.25) is 10.0 Å². The number of hydrogen-bond acceptors (Lipinski definition) is 5. The molecular weight excluding hydrogens is 324 g/mol. The van der Waals surface area contributed by atoms with Gasteiger partial charge in [-0.2, -0.15) is 0 Å². The van der Waals surface area contributed by atoms with Crippen molar-refractivity contribution >= 4 is 19.9 Å². The van der Waals surface area contributed by atoms with Gasteiger partial charge in [0.15, 0.2) is 9.84 Å². The molecule has 1 N–H and O–H groups in total. The lowest BCUT2D eigenvalue weighted by molar-refractivity contribution is 0.256. The van der Waals surface area contributed by atoms with Gasteiger partial charge in [-0.25, -0.2) is 21.6 Å². The summed E-state index contributed by atoms with van der Waals surface area (Å²) in [7, 11) is -5.21. The average Bonchev–Trinajstić information content (AvgIpc) is 2.45. The molecule has 0 saturated heterocycles. The Morgan fingerprint density at radius 2 is 1.77 bits per heavy atom. The van der Waals surface area contributed by atoms with Crippen molar-refractivity contribution in [3.8, 4) is 0 Å². The second kappa shape index (κ2) is 7.54. The summed E-state index contributed by atoms with van der Waals surface area (Å²) in [6.07, 6.45) is 2.03. The molecule has 0 heterocycles. The summed E-state index contributed by atoms with van der Waals surface area (Å²) in [5, 5.41) is 0. The average molecular weight is 348 g/mol. The summed E-state index contributed by atoms with van der Waals surface area (Å²) in [4.78, 5) is 2.02. The number of likely N-dealkylation sites (N-methyl/N-ethyl adjacent to an activating group) is 1. The van der Waals surface area contributed by atoms with Crippen molar-refractivity contribution in [2.75, 3.05) is 26.4 Å². The van der Waals surface area contributed by atoms with Crippen LogP contribution in [0.2, 0.25) is 0 Å². The fourth-order valence-electron chi connectivity index (χ4n) is 1.84. The number of benzene rings is 1. The number of sulfone groups is 1. The van der Waals surface area contributed by atoms with Crippen molar-refractivity contribution < 1.29 is 16.8 Å². The molecule has 0 amide bonds. The summed E-state index contributed by atoms with van der Waals surface area (Å²) < 4.78 is 49.9. The minimum absolute atomic E-state index is 0.00732. The molecule has 1 aromatic carbocycles. The van der Waals surface area contributed by atoms with Crippen LogP contribution in [0.15, 0.2) is 34.1 Å². The Morgan fingerprint density at radius 3 is 2.32 bits per heavy atom. The smallest absolute Gasteiger partial charge is 0.240 e. The third kappa shape index (κ3) is 5.35. The van der Waals surface area contributed by atoms with Crippen molar-refractivity contribution in [1.82, 2.24) is 9.62 Å². The summed E-state index contributed by atoms with van der Waals surface area (Å²) in [6, 6.07) is 5.74. The molecule has 22 heavy (non-hydrogen) atoms. The number of sulfonamides is 1. The summed E-state index contributed by atoms with van der Waals surface area (Å²) >= 11 is 0.